The molecule has 1 nitrogen and oxygen atoms in total. The maximum atomic E-state index is 9.90. The lowest BCUT2D eigenvalue weighted by Gasteiger charge is -2.07. The molecule has 0 saturated heterocycles. The molecule has 0 heterocycles. The molecule has 0 bridgehead atoms. The van der Waals surface area contributed by atoms with Crippen molar-refractivity contribution < 1.29 is 5.11 Å². The Morgan fingerprint density at radius 3 is 2.44 bits per heavy atom. The molecule has 0 aliphatic heterocycles. The van der Waals surface area contributed by atoms with Gasteiger partial charge in [0.25, 0.3) is 0 Å². The second kappa shape index (κ2) is 16.4. The van der Waals surface area contributed by atoms with Crippen LogP contribution in [0.5, 0.6) is 0 Å². The van der Waals surface area contributed by atoms with Gasteiger partial charge >= 0.3 is 0 Å². The monoisotopic (exact) mass is 343 g/mol. The second-order valence-electron chi connectivity index (χ2n) is 7.26. The number of hydrogen-bond acceptors (Lipinski definition) is 1. The van der Waals surface area contributed by atoms with E-state index in [4.69, 9.17) is 0 Å². The van der Waals surface area contributed by atoms with Crippen LogP contribution < -0.4 is 0 Å². The maximum absolute atomic E-state index is 9.90. The lowest BCUT2D eigenvalue weighted by Crippen LogP contribution is -2.04. The lowest BCUT2D eigenvalue weighted by molar-refractivity contribution is 0.163. The summed E-state index contributed by atoms with van der Waals surface area (Å²) in [5, 5.41) is 9.90. The summed E-state index contributed by atoms with van der Waals surface area (Å²) in [7, 11) is 0. The van der Waals surface area contributed by atoms with E-state index in [9.17, 15) is 5.11 Å². The Labute approximate surface area is 156 Å². The fourth-order valence-corrected chi connectivity index (χ4v) is 3.17. The Bertz CT molecular complexity index is 409. The quantitative estimate of drug-likeness (QED) is 0.252. The first kappa shape index (κ1) is 22.0. The first-order valence-electron chi connectivity index (χ1n) is 10.6. The van der Waals surface area contributed by atoms with E-state index in [2.05, 4.69) is 37.3 Å². The third-order valence-corrected chi connectivity index (χ3v) is 4.81. The van der Waals surface area contributed by atoms with Crippen molar-refractivity contribution in [3.05, 3.63) is 48.0 Å². The van der Waals surface area contributed by atoms with Gasteiger partial charge in [-0.3, -0.25) is 0 Å². The number of benzene rings is 1. The molecule has 1 aromatic carbocycles. The van der Waals surface area contributed by atoms with Crippen LogP contribution in [-0.2, 0) is 6.42 Å². The lowest BCUT2D eigenvalue weighted by atomic mass is 10.0. The van der Waals surface area contributed by atoms with E-state index in [1.807, 2.05) is 12.1 Å². The zero-order valence-electron chi connectivity index (χ0n) is 16.4. The fraction of sp³-hybridized carbons (Fsp3) is 0.667. The van der Waals surface area contributed by atoms with E-state index in [0.717, 1.165) is 12.8 Å². The molecule has 1 heteroatoms. The van der Waals surface area contributed by atoms with Crippen molar-refractivity contribution in [3.63, 3.8) is 0 Å². The summed E-state index contributed by atoms with van der Waals surface area (Å²) in [4.78, 5) is 0. The number of unbranched alkanes of at least 4 members (excludes halogenated alkanes) is 9. The molecule has 0 saturated carbocycles. The largest absolute Gasteiger partial charge is 0.393 e. The van der Waals surface area contributed by atoms with Gasteiger partial charge in [-0.05, 0) is 50.2 Å². The topological polar surface area (TPSA) is 20.2 Å². The van der Waals surface area contributed by atoms with Crippen LogP contribution >= 0.6 is 0 Å². The summed E-state index contributed by atoms with van der Waals surface area (Å²) < 4.78 is 0. The number of rotatable bonds is 16. The smallest absolute Gasteiger partial charge is 0.0574 e. The molecule has 1 aromatic rings. The highest BCUT2D eigenvalue weighted by Gasteiger charge is 2.00. The van der Waals surface area contributed by atoms with Gasteiger partial charge in [0.2, 0.25) is 0 Å². The van der Waals surface area contributed by atoms with Crippen molar-refractivity contribution in [2.75, 3.05) is 0 Å². The van der Waals surface area contributed by atoms with Crippen LogP contribution in [0.3, 0.4) is 0 Å². The Balaban J connectivity index is 1.83. The molecule has 0 aliphatic carbocycles. The summed E-state index contributed by atoms with van der Waals surface area (Å²) >= 11 is 0. The zero-order chi connectivity index (χ0) is 18.0. The van der Waals surface area contributed by atoms with E-state index in [1.54, 1.807) is 0 Å². The van der Waals surface area contributed by atoms with Gasteiger partial charge in [0.1, 0.15) is 0 Å². The molecular formula is C24H39O. The Kier molecular flexibility index (Phi) is 14.4. The highest BCUT2D eigenvalue weighted by Crippen LogP contribution is 2.11. The number of aryl methyl sites for hydroxylation is 1. The summed E-state index contributed by atoms with van der Waals surface area (Å²) in [6.45, 7) is 2.22. The minimum atomic E-state index is -0.130. The van der Waals surface area contributed by atoms with Gasteiger partial charge in [-0.15, -0.1) is 0 Å². The second-order valence-corrected chi connectivity index (χ2v) is 7.26. The van der Waals surface area contributed by atoms with E-state index in [1.165, 1.54) is 82.6 Å². The number of aliphatic hydroxyl groups is 1. The molecular weight excluding hydrogens is 304 g/mol. The van der Waals surface area contributed by atoms with Gasteiger partial charge in [0.15, 0.2) is 0 Å². The normalized spacial score (nSPS) is 12.7. The molecule has 1 N–H and O–H groups in total. The van der Waals surface area contributed by atoms with Crippen molar-refractivity contribution in [1.29, 1.82) is 0 Å². The number of allylic oxidation sites excluding steroid dienone is 1. The van der Waals surface area contributed by atoms with Gasteiger partial charge in [0.05, 0.1) is 6.10 Å². The zero-order valence-corrected chi connectivity index (χ0v) is 16.4. The third-order valence-electron chi connectivity index (χ3n) is 4.81. The summed E-state index contributed by atoms with van der Waals surface area (Å²) in [6.07, 6.45) is 21.4. The predicted octanol–water partition coefficient (Wildman–Crippen LogP) is 7.04. The van der Waals surface area contributed by atoms with Gasteiger partial charge in [0, 0.05) is 0 Å². The Morgan fingerprint density at radius 2 is 1.68 bits per heavy atom. The highest BCUT2D eigenvalue weighted by molar-refractivity contribution is 5.12. The van der Waals surface area contributed by atoms with Crippen LogP contribution in [0.15, 0.2) is 36.4 Å². The molecule has 1 atom stereocenters. The van der Waals surface area contributed by atoms with Crippen molar-refractivity contribution in [2.45, 2.75) is 103 Å². The van der Waals surface area contributed by atoms with E-state index < -0.39 is 0 Å². The van der Waals surface area contributed by atoms with Crippen molar-refractivity contribution >= 4 is 0 Å². The summed E-state index contributed by atoms with van der Waals surface area (Å²) in [5.74, 6) is 0. The molecule has 141 valence electrons. The van der Waals surface area contributed by atoms with Gasteiger partial charge in [-0.25, -0.2) is 0 Å². The minimum absolute atomic E-state index is 0.130. The molecule has 0 unspecified atom stereocenters. The standard InChI is InChI=1S/C24H39O/c1-2-3-4-16-21-24(25)22-17-11-9-7-5-6-8-10-13-18-23-19-14-12-15-20-23/h11-12,14-15,17,19,24-25H,2-10,13,16,18,21-22H2,1H3/b17-11-/t24-/m1/s1. The van der Waals surface area contributed by atoms with Crippen molar-refractivity contribution in [1.82, 2.24) is 0 Å². The molecule has 0 spiro atoms. The Morgan fingerprint density at radius 1 is 0.920 bits per heavy atom. The summed E-state index contributed by atoms with van der Waals surface area (Å²) in [5.41, 5.74) is 1.35. The summed E-state index contributed by atoms with van der Waals surface area (Å²) in [6, 6.07) is 11.6. The van der Waals surface area contributed by atoms with Crippen LogP contribution in [0.1, 0.15) is 96.0 Å². The van der Waals surface area contributed by atoms with E-state index in [0.29, 0.717) is 0 Å². The van der Waals surface area contributed by atoms with Crippen molar-refractivity contribution in [3.8, 4) is 0 Å². The molecule has 0 fully saturated rings. The Hall–Kier alpha value is -1.08. The van der Waals surface area contributed by atoms with Gasteiger partial charge < -0.3 is 5.11 Å². The SMILES string of the molecule is CCCCCC[C@@H](O)C/C=C\CCCCCCCCc1[c]cccc1. The van der Waals surface area contributed by atoms with E-state index >= 15 is 0 Å². The predicted molar refractivity (Wildman–Crippen MR) is 110 cm³/mol. The van der Waals surface area contributed by atoms with Crippen LogP contribution in [-0.4, -0.2) is 11.2 Å². The molecule has 1 radical (unpaired) electrons. The van der Waals surface area contributed by atoms with Crippen LogP contribution in [0, 0.1) is 6.07 Å². The van der Waals surface area contributed by atoms with Crippen LogP contribution in [0.4, 0.5) is 0 Å². The molecule has 1 rings (SSSR count). The van der Waals surface area contributed by atoms with Crippen molar-refractivity contribution in [2.24, 2.45) is 0 Å². The van der Waals surface area contributed by atoms with E-state index in [-0.39, 0.29) is 6.10 Å². The third kappa shape index (κ3) is 13.8. The number of hydrogen-bond donors (Lipinski definition) is 1. The van der Waals surface area contributed by atoms with Gasteiger partial charge in [-0.1, -0.05) is 94.7 Å². The average molecular weight is 344 g/mol. The maximum Gasteiger partial charge on any atom is 0.0574 e. The van der Waals surface area contributed by atoms with Crippen LogP contribution in [0.2, 0.25) is 0 Å². The van der Waals surface area contributed by atoms with Crippen LogP contribution in [0.25, 0.3) is 0 Å². The van der Waals surface area contributed by atoms with Gasteiger partial charge in [-0.2, -0.15) is 0 Å². The number of aliphatic hydroxyl groups excluding tert-OH is 1. The molecule has 0 aromatic heterocycles. The highest BCUT2D eigenvalue weighted by atomic mass is 16.3. The minimum Gasteiger partial charge on any atom is -0.393 e. The molecule has 0 amide bonds. The average Bonchev–Trinajstić information content (AvgIpc) is 2.64. The first-order valence-corrected chi connectivity index (χ1v) is 10.6. The molecule has 25 heavy (non-hydrogen) atoms. The fourth-order valence-electron chi connectivity index (χ4n) is 3.17. The first-order chi connectivity index (χ1) is 12.3. The molecule has 0 aliphatic rings.